The topological polar surface area (TPSA) is 90.3 Å². The van der Waals surface area contributed by atoms with Crippen molar-refractivity contribution in [2.75, 3.05) is 30.1 Å². The third-order valence-electron chi connectivity index (χ3n) is 3.48. The number of para-hydroxylation sites is 2. The van der Waals surface area contributed by atoms with E-state index in [1.54, 1.807) is 36.4 Å². The minimum Gasteiger partial charge on any atom is -0.376 e. The molecule has 1 N–H and O–H groups in total. The van der Waals surface area contributed by atoms with Crippen LogP contribution in [0.25, 0.3) is 0 Å². The van der Waals surface area contributed by atoms with Crippen molar-refractivity contribution in [1.82, 2.24) is 0 Å². The van der Waals surface area contributed by atoms with Crippen LogP contribution in [0.15, 0.2) is 48.5 Å². The molecule has 0 bridgehead atoms. The van der Waals surface area contributed by atoms with Crippen molar-refractivity contribution in [3.05, 3.63) is 59.7 Å². The fraction of sp³-hybridized carbons (Fsp3) is 0.222. The monoisotopic (exact) mass is 357 g/mol. The number of benzene rings is 2. The Hall–Kier alpha value is -2.85. The Morgan fingerprint density at radius 2 is 1.76 bits per heavy atom. The number of anilines is 2. The van der Waals surface area contributed by atoms with Crippen molar-refractivity contribution in [3.8, 4) is 6.07 Å². The highest BCUT2D eigenvalue weighted by molar-refractivity contribution is 7.91. The molecular formula is C18H19N3O3S. The first-order valence-corrected chi connectivity index (χ1v) is 9.38. The van der Waals surface area contributed by atoms with Crippen molar-refractivity contribution in [3.63, 3.8) is 0 Å². The van der Waals surface area contributed by atoms with Gasteiger partial charge in [-0.05, 0) is 29.8 Å². The molecule has 2 aromatic carbocycles. The second-order valence-corrected chi connectivity index (χ2v) is 7.87. The molecule has 0 aromatic heterocycles. The molecule has 2 aromatic rings. The summed E-state index contributed by atoms with van der Waals surface area (Å²) in [5, 5.41) is 11.4. The molecule has 0 fully saturated rings. The zero-order valence-corrected chi connectivity index (χ0v) is 14.9. The SMILES string of the molecule is CN(C)c1ccccc1NC(=O)CS(=O)(=O)Cc1ccc(C#N)cc1. The summed E-state index contributed by atoms with van der Waals surface area (Å²) in [6, 6.07) is 15.4. The van der Waals surface area contributed by atoms with E-state index in [0.717, 1.165) is 5.69 Å². The summed E-state index contributed by atoms with van der Waals surface area (Å²) >= 11 is 0. The van der Waals surface area contributed by atoms with E-state index in [9.17, 15) is 13.2 Å². The molecular weight excluding hydrogens is 338 g/mol. The van der Waals surface area contributed by atoms with Crippen molar-refractivity contribution in [1.29, 1.82) is 5.26 Å². The highest BCUT2D eigenvalue weighted by Gasteiger charge is 2.18. The summed E-state index contributed by atoms with van der Waals surface area (Å²) in [4.78, 5) is 14.0. The van der Waals surface area contributed by atoms with Gasteiger partial charge in [-0.25, -0.2) is 8.42 Å². The lowest BCUT2D eigenvalue weighted by molar-refractivity contribution is -0.113. The average Bonchev–Trinajstić information content (AvgIpc) is 2.54. The van der Waals surface area contributed by atoms with Crippen molar-refractivity contribution in [2.45, 2.75) is 5.75 Å². The maximum Gasteiger partial charge on any atom is 0.239 e. The predicted octanol–water partition coefficient (Wildman–Crippen LogP) is 2.18. The number of carbonyl (C=O) groups is 1. The van der Waals surface area contributed by atoms with Gasteiger partial charge in [-0.3, -0.25) is 4.79 Å². The van der Waals surface area contributed by atoms with Crippen LogP contribution in [0.4, 0.5) is 11.4 Å². The Kier molecular flexibility index (Phi) is 5.78. The van der Waals surface area contributed by atoms with E-state index >= 15 is 0 Å². The Labute approximate surface area is 147 Å². The van der Waals surface area contributed by atoms with Crippen LogP contribution >= 0.6 is 0 Å². The predicted molar refractivity (Wildman–Crippen MR) is 98.0 cm³/mol. The standard InChI is InChI=1S/C18H19N3O3S/c1-21(2)17-6-4-3-5-16(17)20-18(22)13-25(23,24)12-15-9-7-14(11-19)8-10-15/h3-10H,12-13H2,1-2H3,(H,20,22). The van der Waals surface area contributed by atoms with Crippen LogP contribution in [0.2, 0.25) is 0 Å². The number of carbonyl (C=O) groups excluding carboxylic acids is 1. The van der Waals surface area contributed by atoms with Gasteiger partial charge in [0, 0.05) is 14.1 Å². The Morgan fingerprint density at radius 1 is 1.12 bits per heavy atom. The van der Waals surface area contributed by atoms with E-state index in [0.29, 0.717) is 16.8 Å². The Morgan fingerprint density at radius 3 is 2.36 bits per heavy atom. The smallest absolute Gasteiger partial charge is 0.239 e. The number of amides is 1. The van der Waals surface area contributed by atoms with Crippen LogP contribution in [0, 0.1) is 11.3 Å². The van der Waals surface area contributed by atoms with Gasteiger partial charge in [-0.15, -0.1) is 0 Å². The van der Waals surface area contributed by atoms with Crippen LogP contribution in [-0.2, 0) is 20.4 Å². The number of hydrogen-bond acceptors (Lipinski definition) is 5. The Bertz CT molecular complexity index is 898. The zero-order chi connectivity index (χ0) is 18.4. The molecule has 0 aliphatic carbocycles. The fourth-order valence-corrected chi connectivity index (χ4v) is 3.61. The van der Waals surface area contributed by atoms with Crippen LogP contribution in [0.3, 0.4) is 0 Å². The number of nitrogens with one attached hydrogen (secondary N) is 1. The maximum absolute atomic E-state index is 12.2. The van der Waals surface area contributed by atoms with Gasteiger partial charge in [-0.2, -0.15) is 5.26 Å². The van der Waals surface area contributed by atoms with Gasteiger partial charge in [0.2, 0.25) is 5.91 Å². The summed E-state index contributed by atoms with van der Waals surface area (Å²) in [7, 11) is 0.0646. The summed E-state index contributed by atoms with van der Waals surface area (Å²) in [5.41, 5.74) is 2.35. The summed E-state index contributed by atoms with van der Waals surface area (Å²) in [6.45, 7) is 0. The van der Waals surface area contributed by atoms with Crippen LogP contribution in [0.5, 0.6) is 0 Å². The molecule has 2 rings (SSSR count). The van der Waals surface area contributed by atoms with Crippen molar-refractivity contribution >= 4 is 27.1 Å². The zero-order valence-electron chi connectivity index (χ0n) is 14.1. The number of nitrogens with zero attached hydrogens (tertiary/aromatic N) is 2. The van der Waals surface area contributed by atoms with Crippen molar-refractivity contribution < 1.29 is 13.2 Å². The van der Waals surface area contributed by atoms with Crippen molar-refractivity contribution in [2.24, 2.45) is 0 Å². The molecule has 0 aliphatic heterocycles. The minimum atomic E-state index is -3.62. The number of hydrogen-bond donors (Lipinski definition) is 1. The van der Waals surface area contributed by atoms with E-state index in [2.05, 4.69) is 5.32 Å². The van der Waals surface area contributed by atoms with E-state index in [1.165, 1.54) is 0 Å². The molecule has 0 saturated carbocycles. The third kappa shape index (κ3) is 5.33. The van der Waals surface area contributed by atoms with Gasteiger partial charge >= 0.3 is 0 Å². The summed E-state index contributed by atoms with van der Waals surface area (Å²) in [6.07, 6.45) is 0. The van der Waals surface area contributed by atoms with E-state index < -0.39 is 21.5 Å². The average molecular weight is 357 g/mol. The van der Waals surface area contributed by atoms with Gasteiger partial charge in [0.1, 0.15) is 5.75 Å². The largest absolute Gasteiger partial charge is 0.376 e. The minimum absolute atomic E-state index is 0.249. The first-order valence-electron chi connectivity index (χ1n) is 7.56. The van der Waals surface area contributed by atoms with Gasteiger partial charge in [0.05, 0.1) is 28.8 Å². The molecule has 0 radical (unpaired) electrons. The molecule has 0 aliphatic rings. The molecule has 25 heavy (non-hydrogen) atoms. The first kappa shape index (κ1) is 18.5. The highest BCUT2D eigenvalue weighted by atomic mass is 32.2. The van der Waals surface area contributed by atoms with E-state index in [4.69, 9.17) is 5.26 Å². The van der Waals surface area contributed by atoms with Crippen LogP contribution in [-0.4, -0.2) is 34.2 Å². The van der Waals surface area contributed by atoms with Gasteiger partial charge < -0.3 is 10.2 Å². The second kappa shape index (κ2) is 7.81. The van der Waals surface area contributed by atoms with Gasteiger partial charge in [-0.1, -0.05) is 24.3 Å². The fourth-order valence-electron chi connectivity index (χ4n) is 2.34. The molecule has 0 atom stereocenters. The van der Waals surface area contributed by atoms with E-state index in [1.807, 2.05) is 37.2 Å². The van der Waals surface area contributed by atoms with Crippen LogP contribution in [0.1, 0.15) is 11.1 Å². The number of sulfone groups is 1. The summed E-state index contributed by atoms with van der Waals surface area (Å²) in [5.74, 6) is -1.43. The van der Waals surface area contributed by atoms with Gasteiger partial charge in [0.15, 0.2) is 9.84 Å². The first-order chi connectivity index (χ1) is 11.8. The lowest BCUT2D eigenvalue weighted by Crippen LogP contribution is -2.25. The normalized spacial score (nSPS) is 10.8. The lowest BCUT2D eigenvalue weighted by atomic mass is 10.2. The Balaban J connectivity index is 2.05. The highest BCUT2D eigenvalue weighted by Crippen LogP contribution is 2.23. The lowest BCUT2D eigenvalue weighted by Gasteiger charge is -2.17. The van der Waals surface area contributed by atoms with Crippen LogP contribution < -0.4 is 10.2 Å². The molecule has 0 spiro atoms. The molecule has 130 valence electrons. The molecule has 0 unspecified atom stereocenters. The maximum atomic E-state index is 12.2. The van der Waals surface area contributed by atoms with E-state index in [-0.39, 0.29) is 5.75 Å². The number of rotatable bonds is 6. The molecule has 1 amide bonds. The third-order valence-corrected chi connectivity index (χ3v) is 4.96. The summed E-state index contributed by atoms with van der Waals surface area (Å²) < 4.78 is 24.5. The van der Waals surface area contributed by atoms with Gasteiger partial charge in [0.25, 0.3) is 0 Å². The molecule has 6 nitrogen and oxygen atoms in total. The number of nitriles is 1. The quantitative estimate of drug-likeness (QED) is 0.856. The molecule has 0 heterocycles. The second-order valence-electron chi connectivity index (χ2n) is 5.80. The molecule has 0 saturated heterocycles. The molecule has 7 heteroatoms.